The highest BCUT2D eigenvalue weighted by Crippen LogP contribution is 2.38. The Balaban J connectivity index is 1.95. The van der Waals surface area contributed by atoms with Gasteiger partial charge in [0.25, 0.3) is 0 Å². The number of halogens is 3. The molecule has 3 nitrogen and oxygen atoms in total. The van der Waals surface area contributed by atoms with E-state index in [0.29, 0.717) is 24.3 Å². The molecule has 1 aromatic carbocycles. The lowest BCUT2D eigenvalue weighted by molar-refractivity contribution is -0.182. The molecule has 1 aliphatic carbocycles. The van der Waals surface area contributed by atoms with Crippen LogP contribution in [0.1, 0.15) is 25.7 Å². The fraction of sp³-hybridized carbons (Fsp3) is 0.600. The molecule has 0 bridgehead atoms. The van der Waals surface area contributed by atoms with Crippen LogP contribution in [0.25, 0.3) is 0 Å². The Morgan fingerprint density at radius 2 is 1.62 bits per heavy atom. The van der Waals surface area contributed by atoms with Gasteiger partial charge >= 0.3 is 6.18 Å². The Morgan fingerprint density at radius 1 is 1.00 bits per heavy atom. The van der Waals surface area contributed by atoms with Gasteiger partial charge in [0.05, 0.1) is 20.1 Å². The molecule has 0 spiro atoms. The molecular formula is C15H20F3NO2. The number of methoxy groups -OCH3 is 2. The van der Waals surface area contributed by atoms with E-state index in [9.17, 15) is 13.2 Å². The lowest BCUT2D eigenvalue weighted by atomic mass is 9.85. The summed E-state index contributed by atoms with van der Waals surface area (Å²) in [4.78, 5) is 0. The predicted molar refractivity (Wildman–Crippen MR) is 75.0 cm³/mol. The summed E-state index contributed by atoms with van der Waals surface area (Å²) in [5.74, 6) is 0.0799. The molecule has 1 saturated carbocycles. The number of hydrogen-bond acceptors (Lipinski definition) is 3. The molecule has 21 heavy (non-hydrogen) atoms. The average molecular weight is 303 g/mol. The summed E-state index contributed by atoms with van der Waals surface area (Å²) in [6.45, 7) is 0. The molecule has 0 atom stereocenters. The molecule has 0 aromatic heterocycles. The highest BCUT2D eigenvalue weighted by molar-refractivity contribution is 5.55. The van der Waals surface area contributed by atoms with Gasteiger partial charge in [-0.15, -0.1) is 0 Å². The molecule has 0 amide bonds. The van der Waals surface area contributed by atoms with Crippen molar-refractivity contribution in [2.75, 3.05) is 19.5 Å². The monoisotopic (exact) mass is 303 g/mol. The lowest BCUT2D eigenvalue weighted by Gasteiger charge is -2.31. The van der Waals surface area contributed by atoms with Gasteiger partial charge in [0.1, 0.15) is 0 Å². The largest absolute Gasteiger partial charge is 0.493 e. The van der Waals surface area contributed by atoms with E-state index in [-0.39, 0.29) is 18.9 Å². The van der Waals surface area contributed by atoms with Crippen LogP contribution < -0.4 is 14.8 Å². The Bertz CT molecular complexity index is 468. The van der Waals surface area contributed by atoms with Crippen LogP contribution in [0.15, 0.2) is 18.2 Å². The van der Waals surface area contributed by atoms with Crippen LogP contribution in [0, 0.1) is 5.92 Å². The van der Waals surface area contributed by atoms with Gasteiger partial charge < -0.3 is 14.8 Å². The summed E-state index contributed by atoms with van der Waals surface area (Å²) < 4.78 is 48.2. The smallest absolute Gasteiger partial charge is 0.391 e. The van der Waals surface area contributed by atoms with Crippen LogP contribution in [0.5, 0.6) is 11.5 Å². The van der Waals surface area contributed by atoms with Crippen molar-refractivity contribution < 1.29 is 22.6 Å². The zero-order valence-electron chi connectivity index (χ0n) is 12.2. The molecule has 0 heterocycles. The third kappa shape index (κ3) is 3.95. The summed E-state index contributed by atoms with van der Waals surface area (Å²) in [7, 11) is 3.11. The van der Waals surface area contributed by atoms with Crippen molar-refractivity contribution in [2.45, 2.75) is 37.9 Å². The van der Waals surface area contributed by atoms with Crippen LogP contribution in [0.4, 0.5) is 18.9 Å². The summed E-state index contributed by atoms with van der Waals surface area (Å²) in [5, 5.41) is 3.28. The number of benzene rings is 1. The molecule has 2 rings (SSSR count). The van der Waals surface area contributed by atoms with Gasteiger partial charge in [-0.1, -0.05) is 0 Å². The zero-order valence-corrected chi connectivity index (χ0v) is 12.2. The van der Waals surface area contributed by atoms with Gasteiger partial charge in [0.15, 0.2) is 11.5 Å². The quantitative estimate of drug-likeness (QED) is 0.902. The minimum Gasteiger partial charge on any atom is -0.493 e. The van der Waals surface area contributed by atoms with Crippen molar-refractivity contribution in [3.63, 3.8) is 0 Å². The first-order valence-corrected chi connectivity index (χ1v) is 6.99. The minimum absolute atomic E-state index is 0.0710. The maximum absolute atomic E-state index is 12.6. The maximum Gasteiger partial charge on any atom is 0.391 e. The van der Waals surface area contributed by atoms with E-state index in [1.54, 1.807) is 26.4 Å². The molecule has 0 aliphatic heterocycles. The molecule has 6 heteroatoms. The van der Waals surface area contributed by atoms with E-state index < -0.39 is 12.1 Å². The van der Waals surface area contributed by atoms with E-state index >= 15 is 0 Å². The molecule has 118 valence electrons. The molecule has 0 unspecified atom stereocenters. The normalized spacial score (nSPS) is 22.7. The van der Waals surface area contributed by atoms with Crippen LogP contribution in [-0.2, 0) is 0 Å². The summed E-state index contributed by atoms with van der Waals surface area (Å²) >= 11 is 0. The average Bonchev–Trinajstić information content (AvgIpc) is 2.46. The van der Waals surface area contributed by atoms with Crippen molar-refractivity contribution >= 4 is 5.69 Å². The van der Waals surface area contributed by atoms with Crippen molar-refractivity contribution in [3.05, 3.63) is 18.2 Å². The number of hydrogen-bond donors (Lipinski definition) is 1. The first kappa shape index (κ1) is 15.8. The van der Waals surface area contributed by atoms with Gasteiger partial charge in [-0.3, -0.25) is 0 Å². The van der Waals surface area contributed by atoms with Crippen LogP contribution >= 0.6 is 0 Å². The SMILES string of the molecule is COc1ccc(NC2CCC(C(F)(F)F)CC2)cc1OC. The van der Waals surface area contributed by atoms with Gasteiger partial charge in [-0.05, 0) is 37.8 Å². The van der Waals surface area contributed by atoms with Crippen molar-refractivity contribution in [1.82, 2.24) is 0 Å². The van der Waals surface area contributed by atoms with E-state index in [1.807, 2.05) is 6.07 Å². The van der Waals surface area contributed by atoms with Crippen LogP contribution in [0.3, 0.4) is 0 Å². The number of alkyl halides is 3. The Labute approximate surface area is 122 Å². The van der Waals surface area contributed by atoms with Crippen LogP contribution in [-0.4, -0.2) is 26.4 Å². The summed E-state index contributed by atoms with van der Waals surface area (Å²) in [6, 6.07) is 5.50. The molecule has 0 saturated heterocycles. The second-order valence-corrected chi connectivity index (χ2v) is 5.30. The van der Waals surface area contributed by atoms with Crippen molar-refractivity contribution in [1.29, 1.82) is 0 Å². The molecule has 0 radical (unpaired) electrons. The van der Waals surface area contributed by atoms with Crippen molar-refractivity contribution in [3.8, 4) is 11.5 Å². The second-order valence-electron chi connectivity index (χ2n) is 5.30. The topological polar surface area (TPSA) is 30.5 Å². The van der Waals surface area contributed by atoms with E-state index in [4.69, 9.17) is 9.47 Å². The standard InChI is InChI=1S/C15H20F3NO2/c1-20-13-8-7-12(9-14(13)21-2)19-11-5-3-10(4-6-11)15(16,17)18/h7-11,19H,3-6H2,1-2H3. The predicted octanol–water partition coefficient (Wildman–Crippen LogP) is 4.24. The minimum atomic E-state index is -4.06. The zero-order chi connectivity index (χ0) is 15.5. The molecule has 1 N–H and O–H groups in total. The number of anilines is 1. The number of rotatable bonds is 4. The third-order valence-corrected chi connectivity index (χ3v) is 3.94. The highest BCUT2D eigenvalue weighted by atomic mass is 19.4. The Kier molecular flexibility index (Phi) is 4.85. The van der Waals surface area contributed by atoms with E-state index in [0.717, 1.165) is 5.69 Å². The van der Waals surface area contributed by atoms with Gasteiger partial charge in [0, 0.05) is 17.8 Å². The number of ether oxygens (including phenoxy) is 2. The third-order valence-electron chi connectivity index (χ3n) is 3.94. The summed E-state index contributed by atoms with van der Waals surface area (Å²) in [5.41, 5.74) is 0.836. The molecule has 1 aromatic rings. The fourth-order valence-electron chi connectivity index (χ4n) is 2.73. The molecule has 1 aliphatic rings. The molecule has 1 fully saturated rings. The second kappa shape index (κ2) is 6.45. The van der Waals surface area contributed by atoms with E-state index in [1.165, 1.54) is 0 Å². The first-order valence-electron chi connectivity index (χ1n) is 6.99. The van der Waals surface area contributed by atoms with Gasteiger partial charge in [0.2, 0.25) is 0 Å². The van der Waals surface area contributed by atoms with E-state index in [2.05, 4.69) is 5.32 Å². The maximum atomic E-state index is 12.6. The van der Waals surface area contributed by atoms with Crippen molar-refractivity contribution in [2.24, 2.45) is 5.92 Å². The Hall–Kier alpha value is -1.59. The lowest BCUT2D eigenvalue weighted by Crippen LogP contribution is -2.32. The van der Waals surface area contributed by atoms with Gasteiger partial charge in [-0.25, -0.2) is 0 Å². The molecular weight excluding hydrogens is 283 g/mol. The first-order chi connectivity index (χ1) is 9.94. The fourth-order valence-corrected chi connectivity index (χ4v) is 2.73. The highest BCUT2D eigenvalue weighted by Gasteiger charge is 2.41. The summed E-state index contributed by atoms with van der Waals surface area (Å²) in [6.07, 6.45) is -2.63. The van der Waals surface area contributed by atoms with Crippen LogP contribution in [0.2, 0.25) is 0 Å². The van der Waals surface area contributed by atoms with Gasteiger partial charge in [-0.2, -0.15) is 13.2 Å². The Morgan fingerprint density at radius 3 is 2.14 bits per heavy atom. The number of nitrogens with one attached hydrogen (secondary N) is 1.